The van der Waals surface area contributed by atoms with E-state index in [0.29, 0.717) is 6.54 Å². The maximum atomic E-state index is 12.4. The molecule has 5 heteroatoms. The number of nitrogens with one attached hydrogen (secondary N) is 2. The van der Waals surface area contributed by atoms with Gasteiger partial charge in [-0.1, -0.05) is 0 Å². The predicted octanol–water partition coefficient (Wildman–Crippen LogP) is -0.484. The van der Waals surface area contributed by atoms with Crippen LogP contribution >= 0.6 is 0 Å². The lowest BCUT2D eigenvalue weighted by Gasteiger charge is -2.40. The van der Waals surface area contributed by atoms with Crippen molar-refractivity contribution in [3.05, 3.63) is 0 Å². The molecule has 2 aliphatic heterocycles. The average Bonchev–Trinajstić information content (AvgIpc) is 2.48. The summed E-state index contributed by atoms with van der Waals surface area (Å²) in [5.74, 6) is 0.183. The van der Waals surface area contributed by atoms with Gasteiger partial charge >= 0.3 is 0 Å². The van der Waals surface area contributed by atoms with Crippen LogP contribution in [0, 0.1) is 0 Å². The van der Waals surface area contributed by atoms with Gasteiger partial charge in [-0.2, -0.15) is 0 Å². The molecular weight excluding hydrogens is 218 g/mol. The molecule has 2 saturated heterocycles. The molecule has 0 aromatic heterocycles. The maximum Gasteiger partial charge on any atom is 0.241 e. The number of fused-ring (bicyclic) bond motifs is 1. The summed E-state index contributed by atoms with van der Waals surface area (Å²) in [6.45, 7) is 3.04. The first-order valence-electron chi connectivity index (χ1n) is 6.35. The Balaban J connectivity index is 2.24. The second-order valence-corrected chi connectivity index (χ2v) is 4.96. The van der Waals surface area contributed by atoms with Crippen LogP contribution in [-0.2, 0) is 9.59 Å². The summed E-state index contributed by atoms with van der Waals surface area (Å²) >= 11 is 0. The Bertz CT molecular complexity index is 319. The zero-order chi connectivity index (χ0) is 12.4. The monoisotopic (exact) mass is 239 g/mol. The fourth-order valence-electron chi connectivity index (χ4n) is 2.90. The van der Waals surface area contributed by atoms with Gasteiger partial charge in [0.2, 0.25) is 5.91 Å². The molecule has 0 aromatic rings. The van der Waals surface area contributed by atoms with Crippen molar-refractivity contribution >= 4 is 11.7 Å². The number of ketones is 1. The van der Waals surface area contributed by atoms with E-state index in [4.69, 9.17) is 0 Å². The van der Waals surface area contributed by atoms with Crippen LogP contribution < -0.4 is 10.6 Å². The number of likely N-dealkylation sites (N-methyl/N-ethyl adjacent to an activating group) is 1. The minimum atomic E-state index is -0.211. The van der Waals surface area contributed by atoms with Gasteiger partial charge in [0, 0.05) is 19.1 Å². The standard InChI is InChI=1S/C12H21N3O2/c1-8(16)11-5-3-4-9-6-14-7-10(13-2)12(17)15(9)11/h9-11,13-14H,3-7H2,1-2H3. The highest BCUT2D eigenvalue weighted by molar-refractivity contribution is 5.90. The Labute approximate surface area is 102 Å². The molecule has 2 rings (SSSR count). The third-order valence-electron chi connectivity index (χ3n) is 3.84. The number of carbonyl (C=O) groups is 2. The fraction of sp³-hybridized carbons (Fsp3) is 0.833. The smallest absolute Gasteiger partial charge is 0.241 e. The van der Waals surface area contributed by atoms with E-state index in [-0.39, 0.29) is 29.8 Å². The highest BCUT2D eigenvalue weighted by Crippen LogP contribution is 2.25. The lowest BCUT2D eigenvalue weighted by molar-refractivity contribution is -0.144. The molecular formula is C12H21N3O2. The van der Waals surface area contributed by atoms with E-state index in [1.165, 1.54) is 0 Å². The van der Waals surface area contributed by atoms with Gasteiger partial charge in [-0.3, -0.25) is 9.59 Å². The Morgan fingerprint density at radius 1 is 1.41 bits per heavy atom. The summed E-state index contributed by atoms with van der Waals surface area (Å²) in [6, 6.07) is -0.236. The van der Waals surface area contributed by atoms with Crippen molar-refractivity contribution in [1.29, 1.82) is 0 Å². The topological polar surface area (TPSA) is 61.4 Å². The number of hydrogen-bond donors (Lipinski definition) is 2. The van der Waals surface area contributed by atoms with Crippen molar-refractivity contribution < 1.29 is 9.59 Å². The first-order chi connectivity index (χ1) is 8.15. The van der Waals surface area contributed by atoms with Crippen molar-refractivity contribution in [1.82, 2.24) is 15.5 Å². The van der Waals surface area contributed by atoms with Crippen molar-refractivity contribution in [3.8, 4) is 0 Å². The van der Waals surface area contributed by atoms with Gasteiger partial charge in [0.05, 0.1) is 12.1 Å². The third kappa shape index (κ3) is 2.35. The molecule has 0 bridgehead atoms. The summed E-state index contributed by atoms with van der Waals surface area (Å²) in [5, 5.41) is 6.32. The minimum absolute atomic E-state index is 0.0717. The van der Waals surface area contributed by atoms with Gasteiger partial charge in [0.15, 0.2) is 5.78 Å². The average molecular weight is 239 g/mol. The van der Waals surface area contributed by atoms with Crippen LogP contribution in [0.5, 0.6) is 0 Å². The third-order valence-corrected chi connectivity index (χ3v) is 3.84. The van der Waals surface area contributed by atoms with E-state index < -0.39 is 0 Å². The van der Waals surface area contributed by atoms with Gasteiger partial charge < -0.3 is 15.5 Å². The first-order valence-corrected chi connectivity index (χ1v) is 6.35. The molecule has 2 heterocycles. The number of carbonyl (C=O) groups excluding carboxylic acids is 2. The van der Waals surface area contributed by atoms with Gasteiger partial charge in [0.1, 0.15) is 0 Å². The van der Waals surface area contributed by atoms with Crippen LogP contribution in [-0.4, -0.2) is 54.9 Å². The number of amides is 1. The fourth-order valence-corrected chi connectivity index (χ4v) is 2.90. The predicted molar refractivity (Wildman–Crippen MR) is 64.7 cm³/mol. The number of hydrogen-bond acceptors (Lipinski definition) is 4. The SMILES string of the molecule is CNC1CNCC2CCCC(C(C)=O)N2C1=O. The van der Waals surface area contributed by atoms with E-state index in [2.05, 4.69) is 10.6 Å². The zero-order valence-electron chi connectivity index (χ0n) is 10.5. The lowest BCUT2D eigenvalue weighted by atomic mass is 9.93. The highest BCUT2D eigenvalue weighted by Gasteiger charge is 2.40. The van der Waals surface area contributed by atoms with Crippen LogP contribution in [0.25, 0.3) is 0 Å². The molecule has 0 spiro atoms. The van der Waals surface area contributed by atoms with E-state index in [9.17, 15) is 9.59 Å². The molecule has 3 atom stereocenters. The van der Waals surface area contributed by atoms with E-state index in [0.717, 1.165) is 25.8 Å². The molecule has 0 radical (unpaired) electrons. The maximum absolute atomic E-state index is 12.4. The van der Waals surface area contributed by atoms with Crippen molar-refractivity contribution in [2.75, 3.05) is 20.1 Å². The van der Waals surface area contributed by atoms with Crippen LogP contribution in [0.2, 0.25) is 0 Å². The van der Waals surface area contributed by atoms with Gasteiger partial charge in [0.25, 0.3) is 0 Å². The van der Waals surface area contributed by atoms with Crippen LogP contribution in [0.15, 0.2) is 0 Å². The Morgan fingerprint density at radius 2 is 2.18 bits per heavy atom. The van der Waals surface area contributed by atoms with Gasteiger partial charge in [-0.25, -0.2) is 0 Å². The van der Waals surface area contributed by atoms with Crippen molar-refractivity contribution in [3.63, 3.8) is 0 Å². The molecule has 0 aliphatic carbocycles. The lowest BCUT2D eigenvalue weighted by Crippen LogP contribution is -2.57. The molecule has 1 amide bonds. The molecule has 3 unspecified atom stereocenters. The molecule has 17 heavy (non-hydrogen) atoms. The molecule has 2 N–H and O–H groups in total. The number of piperidine rings is 1. The zero-order valence-corrected chi connectivity index (χ0v) is 10.5. The molecule has 2 aliphatic rings. The molecule has 96 valence electrons. The normalized spacial score (nSPS) is 34.1. The van der Waals surface area contributed by atoms with Crippen LogP contribution in [0.3, 0.4) is 0 Å². The van der Waals surface area contributed by atoms with Crippen LogP contribution in [0.1, 0.15) is 26.2 Å². The van der Waals surface area contributed by atoms with Crippen molar-refractivity contribution in [2.45, 2.75) is 44.3 Å². The Kier molecular flexibility index (Phi) is 3.79. The molecule has 2 fully saturated rings. The summed E-state index contributed by atoms with van der Waals surface area (Å²) in [7, 11) is 1.79. The largest absolute Gasteiger partial charge is 0.327 e. The van der Waals surface area contributed by atoms with Gasteiger partial charge in [-0.15, -0.1) is 0 Å². The van der Waals surface area contributed by atoms with Crippen LogP contribution in [0.4, 0.5) is 0 Å². The van der Waals surface area contributed by atoms with E-state index in [1.54, 1.807) is 14.0 Å². The second-order valence-electron chi connectivity index (χ2n) is 4.96. The highest BCUT2D eigenvalue weighted by atomic mass is 16.2. The van der Waals surface area contributed by atoms with E-state index in [1.807, 2.05) is 4.90 Å². The van der Waals surface area contributed by atoms with Crippen molar-refractivity contribution in [2.24, 2.45) is 0 Å². The molecule has 0 saturated carbocycles. The number of Topliss-reactive ketones (excluding diaryl/α,β-unsaturated/α-hetero) is 1. The Hall–Kier alpha value is -0.940. The minimum Gasteiger partial charge on any atom is -0.327 e. The summed E-state index contributed by atoms with van der Waals surface area (Å²) in [4.78, 5) is 25.9. The van der Waals surface area contributed by atoms with Gasteiger partial charge in [-0.05, 0) is 33.2 Å². The molecule has 5 nitrogen and oxygen atoms in total. The Morgan fingerprint density at radius 3 is 2.82 bits per heavy atom. The molecule has 0 aromatic carbocycles. The summed E-state index contributed by atoms with van der Waals surface area (Å²) < 4.78 is 0. The summed E-state index contributed by atoms with van der Waals surface area (Å²) in [5.41, 5.74) is 0. The second kappa shape index (κ2) is 5.14. The first kappa shape index (κ1) is 12.5. The number of rotatable bonds is 2. The van der Waals surface area contributed by atoms with E-state index >= 15 is 0 Å². The summed E-state index contributed by atoms with van der Waals surface area (Å²) in [6.07, 6.45) is 2.84. The quantitative estimate of drug-likeness (QED) is 0.683. The number of nitrogens with zero attached hydrogens (tertiary/aromatic N) is 1.